The molecule has 0 spiro atoms. The van der Waals surface area contributed by atoms with Gasteiger partial charge in [-0.1, -0.05) is 49.8 Å². The Morgan fingerprint density at radius 3 is 2.58 bits per heavy atom. The van der Waals surface area contributed by atoms with Gasteiger partial charge in [0.2, 0.25) is 0 Å². The van der Waals surface area contributed by atoms with Gasteiger partial charge in [-0.25, -0.2) is 0 Å². The van der Waals surface area contributed by atoms with Crippen LogP contribution in [-0.4, -0.2) is 23.0 Å². The van der Waals surface area contributed by atoms with Gasteiger partial charge in [0.25, 0.3) is 0 Å². The van der Waals surface area contributed by atoms with Gasteiger partial charge in [0.1, 0.15) is 0 Å². The van der Waals surface area contributed by atoms with Crippen LogP contribution in [0.1, 0.15) is 37.0 Å². The van der Waals surface area contributed by atoms with E-state index in [1.807, 2.05) is 0 Å². The molecule has 0 radical (unpaired) electrons. The van der Waals surface area contributed by atoms with Crippen LogP contribution in [0.25, 0.3) is 0 Å². The fraction of sp³-hybridized carbons (Fsp3) is 0.562. The molecule has 0 aromatic heterocycles. The normalized spacial score (nSPS) is 11.3. The summed E-state index contributed by atoms with van der Waals surface area (Å²) in [5.74, 6) is 0.650. The van der Waals surface area contributed by atoms with E-state index >= 15 is 0 Å². The summed E-state index contributed by atoms with van der Waals surface area (Å²) in [4.78, 5) is 3.06. The Kier molecular flexibility index (Phi) is 6.46. The van der Waals surface area contributed by atoms with Crippen LogP contribution < -0.4 is 5.73 Å². The smallest absolute Gasteiger partial charge is 0.0740 e. The average molecular weight is 278 g/mol. The monoisotopic (exact) mass is 278 g/mol. The van der Waals surface area contributed by atoms with Crippen LogP contribution in [0.4, 0.5) is 0 Å². The van der Waals surface area contributed by atoms with E-state index < -0.39 is 0 Å². The lowest BCUT2D eigenvalue weighted by atomic mass is 10.0. The van der Waals surface area contributed by atoms with Gasteiger partial charge in [-0.05, 0) is 30.9 Å². The number of thiocarbonyl (C=S) groups is 1. The molecule has 0 bridgehead atoms. The molecule has 3 heteroatoms. The predicted molar refractivity (Wildman–Crippen MR) is 87.4 cm³/mol. The van der Waals surface area contributed by atoms with Gasteiger partial charge in [-0.3, -0.25) is 4.90 Å². The van der Waals surface area contributed by atoms with Crippen LogP contribution in [0.3, 0.4) is 0 Å². The van der Waals surface area contributed by atoms with E-state index in [9.17, 15) is 0 Å². The number of nitrogens with zero attached hydrogens (tertiary/aromatic N) is 1. The summed E-state index contributed by atoms with van der Waals surface area (Å²) in [6.45, 7) is 11.8. The van der Waals surface area contributed by atoms with Crippen LogP contribution in [0.2, 0.25) is 0 Å². The summed E-state index contributed by atoms with van der Waals surface area (Å²) in [6.07, 6.45) is 0.799. The van der Waals surface area contributed by atoms with E-state index in [0.29, 0.717) is 10.9 Å². The third-order valence-electron chi connectivity index (χ3n) is 3.20. The molecule has 0 fully saturated rings. The second kappa shape index (κ2) is 7.61. The van der Waals surface area contributed by atoms with Crippen molar-refractivity contribution in [3.05, 3.63) is 34.9 Å². The molecule has 2 nitrogen and oxygen atoms in total. The van der Waals surface area contributed by atoms with Gasteiger partial charge in [-0.2, -0.15) is 0 Å². The fourth-order valence-electron chi connectivity index (χ4n) is 2.23. The highest BCUT2D eigenvalue weighted by atomic mass is 32.1. The molecule has 0 aliphatic heterocycles. The summed E-state index contributed by atoms with van der Waals surface area (Å²) in [5.41, 5.74) is 9.70. The topological polar surface area (TPSA) is 29.3 Å². The van der Waals surface area contributed by atoms with E-state index in [4.69, 9.17) is 18.0 Å². The lowest BCUT2D eigenvalue weighted by Crippen LogP contribution is -2.31. The Morgan fingerprint density at radius 1 is 1.32 bits per heavy atom. The number of aryl methyl sites for hydroxylation is 2. The molecule has 0 aliphatic rings. The number of benzene rings is 1. The molecule has 0 saturated heterocycles. The lowest BCUT2D eigenvalue weighted by Gasteiger charge is -2.25. The first-order valence-corrected chi connectivity index (χ1v) is 7.36. The third-order valence-corrected chi connectivity index (χ3v) is 3.40. The van der Waals surface area contributed by atoms with Crippen molar-refractivity contribution in [2.75, 3.05) is 13.1 Å². The minimum absolute atomic E-state index is 0.606. The van der Waals surface area contributed by atoms with Gasteiger partial charge >= 0.3 is 0 Å². The third kappa shape index (κ3) is 6.17. The Labute approximate surface area is 123 Å². The second-order valence-corrected chi connectivity index (χ2v) is 6.30. The Hall–Kier alpha value is -0.930. The summed E-state index contributed by atoms with van der Waals surface area (Å²) in [7, 11) is 0. The first kappa shape index (κ1) is 16.1. The molecular formula is C16H26N2S. The van der Waals surface area contributed by atoms with E-state index in [2.05, 4.69) is 50.8 Å². The van der Waals surface area contributed by atoms with Crippen molar-refractivity contribution in [3.8, 4) is 0 Å². The molecule has 19 heavy (non-hydrogen) atoms. The van der Waals surface area contributed by atoms with Gasteiger partial charge in [0, 0.05) is 26.1 Å². The maximum Gasteiger partial charge on any atom is 0.0740 e. The first-order chi connectivity index (χ1) is 8.88. The average Bonchev–Trinajstić information content (AvgIpc) is 2.30. The minimum atomic E-state index is 0.606. The zero-order valence-electron chi connectivity index (χ0n) is 12.6. The molecular weight excluding hydrogens is 252 g/mol. The molecule has 0 unspecified atom stereocenters. The summed E-state index contributed by atoms with van der Waals surface area (Å²) in [6, 6.07) is 6.65. The van der Waals surface area contributed by atoms with E-state index in [0.717, 1.165) is 26.1 Å². The first-order valence-electron chi connectivity index (χ1n) is 6.95. The molecule has 2 N–H and O–H groups in total. The van der Waals surface area contributed by atoms with Crippen molar-refractivity contribution in [1.82, 2.24) is 4.90 Å². The number of rotatable bonds is 7. The van der Waals surface area contributed by atoms with Crippen LogP contribution >= 0.6 is 12.2 Å². The van der Waals surface area contributed by atoms with Gasteiger partial charge < -0.3 is 5.73 Å². The van der Waals surface area contributed by atoms with Crippen LogP contribution in [0.15, 0.2) is 18.2 Å². The zero-order chi connectivity index (χ0) is 14.4. The van der Waals surface area contributed by atoms with Crippen molar-refractivity contribution >= 4 is 17.2 Å². The molecule has 0 aliphatic carbocycles. The molecule has 1 aromatic rings. The van der Waals surface area contributed by atoms with E-state index in [1.165, 1.54) is 16.7 Å². The second-order valence-electron chi connectivity index (χ2n) is 5.78. The highest BCUT2D eigenvalue weighted by Crippen LogP contribution is 2.14. The molecule has 106 valence electrons. The molecule has 1 rings (SSSR count). The lowest BCUT2D eigenvalue weighted by molar-refractivity contribution is 0.242. The van der Waals surface area contributed by atoms with Crippen molar-refractivity contribution in [2.24, 2.45) is 11.7 Å². The van der Waals surface area contributed by atoms with Gasteiger partial charge in [0.15, 0.2) is 0 Å². The number of hydrogen-bond donors (Lipinski definition) is 1. The molecule has 0 saturated carbocycles. The molecule has 0 heterocycles. The molecule has 0 atom stereocenters. The summed E-state index contributed by atoms with van der Waals surface area (Å²) >= 11 is 4.99. The van der Waals surface area contributed by atoms with Gasteiger partial charge in [0.05, 0.1) is 4.99 Å². The number of nitrogens with two attached hydrogens (primary N) is 1. The standard InChI is InChI=1S/C16H26N2S/c1-12(2)10-18(8-7-16(17)19)11-15-9-13(3)5-6-14(15)4/h5-6,9,12H,7-8,10-11H2,1-4H3,(H2,17,19). The Morgan fingerprint density at radius 2 is 2.00 bits per heavy atom. The van der Waals surface area contributed by atoms with E-state index in [-0.39, 0.29) is 0 Å². The number of hydrogen-bond acceptors (Lipinski definition) is 2. The molecule has 0 amide bonds. The highest BCUT2D eigenvalue weighted by molar-refractivity contribution is 7.80. The largest absolute Gasteiger partial charge is 0.393 e. The SMILES string of the molecule is Cc1ccc(C)c(CN(CCC(N)=S)CC(C)C)c1. The minimum Gasteiger partial charge on any atom is -0.393 e. The quantitative estimate of drug-likeness (QED) is 0.775. The predicted octanol–water partition coefficient (Wildman–Crippen LogP) is 3.44. The van der Waals surface area contributed by atoms with E-state index in [1.54, 1.807) is 0 Å². The maximum atomic E-state index is 5.62. The zero-order valence-corrected chi connectivity index (χ0v) is 13.4. The fourth-order valence-corrected chi connectivity index (χ4v) is 2.32. The highest BCUT2D eigenvalue weighted by Gasteiger charge is 2.10. The van der Waals surface area contributed by atoms with Crippen LogP contribution in [0.5, 0.6) is 0 Å². The Balaban J connectivity index is 2.74. The molecule has 1 aromatic carbocycles. The van der Waals surface area contributed by atoms with Crippen LogP contribution in [0, 0.1) is 19.8 Å². The van der Waals surface area contributed by atoms with Crippen LogP contribution in [-0.2, 0) is 6.54 Å². The van der Waals surface area contributed by atoms with Crippen molar-refractivity contribution in [1.29, 1.82) is 0 Å². The Bertz CT molecular complexity index is 427. The summed E-state index contributed by atoms with van der Waals surface area (Å²) < 4.78 is 0. The van der Waals surface area contributed by atoms with Crippen molar-refractivity contribution in [3.63, 3.8) is 0 Å². The van der Waals surface area contributed by atoms with Gasteiger partial charge in [-0.15, -0.1) is 0 Å². The summed E-state index contributed by atoms with van der Waals surface area (Å²) in [5, 5.41) is 0. The van der Waals surface area contributed by atoms with Crippen molar-refractivity contribution < 1.29 is 0 Å². The maximum absolute atomic E-state index is 5.62. The van der Waals surface area contributed by atoms with Crippen molar-refractivity contribution in [2.45, 2.75) is 40.7 Å².